The fraction of sp³-hybridized carbons (Fsp3) is 0.444. The van der Waals surface area contributed by atoms with Crippen molar-refractivity contribution in [1.29, 1.82) is 0 Å². The number of thiophene rings is 1. The molecule has 0 saturated heterocycles. The molecule has 1 atom stereocenters. The Hall–Kier alpha value is -0.430. The molecule has 0 spiro atoms. The molecule has 1 unspecified atom stereocenters. The van der Waals surface area contributed by atoms with E-state index in [0.717, 1.165) is 14.2 Å². The molecule has 0 aliphatic carbocycles. The first-order chi connectivity index (χ1) is 7.00. The van der Waals surface area contributed by atoms with E-state index in [1.165, 1.54) is 0 Å². The molecule has 0 radical (unpaired) electrons. The van der Waals surface area contributed by atoms with Gasteiger partial charge in [0, 0.05) is 14.2 Å². The smallest absolute Gasteiger partial charge is 0.329 e. The van der Waals surface area contributed by atoms with E-state index in [0.29, 0.717) is 0 Å². The average Bonchev–Trinajstić information content (AvgIpc) is 2.44. The Balaban J connectivity index is 2.50. The van der Waals surface area contributed by atoms with Crippen LogP contribution in [0.3, 0.4) is 0 Å². The van der Waals surface area contributed by atoms with E-state index in [1.54, 1.807) is 11.3 Å². The summed E-state index contributed by atoms with van der Waals surface area (Å²) in [4.78, 5) is 12.4. The van der Waals surface area contributed by atoms with Crippen LogP contribution in [0.1, 0.15) is 15.8 Å². The van der Waals surface area contributed by atoms with E-state index in [4.69, 9.17) is 15.6 Å². The Morgan fingerprint density at radius 2 is 2.47 bits per heavy atom. The van der Waals surface area contributed by atoms with Gasteiger partial charge in [0.25, 0.3) is 0 Å². The third-order valence-corrected chi connectivity index (χ3v) is 3.80. The van der Waals surface area contributed by atoms with Gasteiger partial charge in [0.15, 0.2) is 0 Å². The van der Waals surface area contributed by atoms with Crippen LogP contribution in [0, 0.1) is 6.92 Å². The number of carboxylic acids is 1. The largest absolute Gasteiger partial charge is 0.480 e. The number of aliphatic carboxylic acids is 1. The van der Waals surface area contributed by atoms with Crippen LogP contribution in [0.2, 0.25) is 0 Å². The zero-order valence-electron chi connectivity index (χ0n) is 8.20. The summed E-state index contributed by atoms with van der Waals surface area (Å²) >= 11 is 4.98. The Morgan fingerprint density at radius 1 is 1.80 bits per heavy atom. The highest BCUT2D eigenvalue weighted by atomic mass is 79.9. The van der Waals surface area contributed by atoms with Gasteiger partial charge in [0.2, 0.25) is 0 Å². The standard InChI is InChI=1S/C9H12BrNO3S/c1-5-2-6(10)9(15-5)7(11)3-14-4-8(12)13/h2,7H,3-4,11H2,1H3,(H,12,13). The molecule has 6 heteroatoms. The summed E-state index contributed by atoms with van der Waals surface area (Å²) < 4.78 is 5.89. The lowest BCUT2D eigenvalue weighted by Gasteiger charge is -2.09. The molecular formula is C9H12BrNO3S. The highest BCUT2D eigenvalue weighted by molar-refractivity contribution is 9.10. The first-order valence-electron chi connectivity index (χ1n) is 4.31. The molecule has 0 aliphatic heterocycles. The predicted molar refractivity (Wildman–Crippen MR) is 62.1 cm³/mol. The summed E-state index contributed by atoms with van der Waals surface area (Å²) in [5.74, 6) is -0.983. The maximum absolute atomic E-state index is 10.2. The van der Waals surface area contributed by atoms with Gasteiger partial charge in [0.1, 0.15) is 6.61 Å². The van der Waals surface area contributed by atoms with Crippen LogP contribution in [0.15, 0.2) is 10.5 Å². The Bertz CT molecular complexity index is 353. The van der Waals surface area contributed by atoms with Gasteiger partial charge in [-0.3, -0.25) is 0 Å². The van der Waals surface area contributed by atoms with Crippen molar-refractivity contribution in [3.05, 3.63) is 20.3 Å². The zero-order valence-corrected chi connectivity index (χ0v) is 10.6. The molecular weight excluding hydrogens is 282 g/mol. The first kappa shape index (κ1) is 12.6. The molecule has 0 aliphatic rings. The maximum atomic E-state index is 10.2. The number of aryl methyl sites for hydroxylation is 1. The van der Waals surface area contributed by atoms with Gasteiger partial charge < -0.3 is 15.6 Å². The van der Waals surface area contributed by atoms with Crippen LogP contribution in [-0.2, 0) is 9.53 Å². The van der Waals surface area contributed by atoms with Crippen molar-refractivity contribution >= 4 is 33.2 Å². The number of hydrogen-bond donors (Lipinski definition) is 2. The second-order valence-corrected chi connectivity index (χ2v) is 5.23. The van der Waals surface area contributed by atoms with Crippen LogP contribution < -0.4 is 5.73 Å². The normalized spacial score (nSPS) is 12.7. The maximum Gasteiger partial charge on any atom is 0.329 e. The van der Waals surface area contributed by atoms with Gasteiger partial charge >= 0.3 is 5.97 Å². The first-order valence-corrected chi connectivity index (χ1v) is 5.92. The Labute approximate surface area is 100 Å². The number of halogens is 1. The lowest BCUT2D eigenvalue weighted by Crippen LogP contribution is -2.19. The van der Waals surface area contributed by atoms with Crippen molar-refractivity contribution in [1.82, 2.24) is 0 Å². The van der Waals surface area contributed by atoms with Crippen molar-refractivity contribution in [3.63, 3.8) is 0 Å². The quantitative estimate of drug-likeness (QED) is 0.870. The summed E-state index contributed by atoms with van der Waals surface area (Å²) in [6.45, 7) is 1.89. The van der Waals surface area contributed by atoms with Crippen LogP contribution in [0.4, 0.5) is 0 Å². The molecule has 0 aromatic carbocycles. The fourth-order valence-electron chi connectivity index (χ4n) is 1.10. The molecule has 4 nitrogen and oxygen atoms in total. The van der Waals surface area contributed by atoms with E-state index in [-0.39, 0.29) is 19.3 Å². The lowest BCUT2D eigenvalue weighted by molar-refractivity contribution is -0.142. The van der Waals surface area contributed by atoms with Gasteiger partial charge in [-0.1, -0.05) is 0 Å². The Kier molecular flexibility index (Phi) is 4.72. The van der Waals surface area contributed by atoms with E-state index >= 15 is 0 Å². The summed E-state index contributed by atoms with van der Waals surface area (Å²) in [5, 5.41) is 8.38. The minimum atomic E-state index is -0.983. The molecule has 15 heavy (non-hydrogen) atoms. The average molecular weight is 294 g/mol. The third-order valence-electron chi connectivity index (χ3n) is 1.70. The number of ether oxygens (including phenoxy) is 1. The monoisotopic (exact) mass is 293 g/mol. The summed E-state index contributed by atoms with van der Waals surface area (Å²) in [7, 11) is 0. The van der Waals surface area contributed by atoms with E-state index in [2.05, 4.69) is 15.9 Å². The Morgan fingerprint density at radius 3 is 2.93 bits per heavy atom. The summed E-state index contributed by atoms with van der Waals surface area (Å²) in [5.41, 5.74) is 5.86. The molecule has 1 aromatic rings. The predicted octanol–water partition coefficient (Wildman–Crippen LogP) is 1.92. The van der Waals surface area contributed by atoms with Gasteiger partial charge in [-0.05, 0) is 28.9 Å². The van der Waals surface area contributed by atoms with Crippen LogP contribution in [0.5, 0.6) is 0 Å². The number of hydrogen-bond acceptors (Lipinski definition) is 4. The van der Waals surface area contributed by atoms with Crippen LogP contribution in [-0.4, -0.2) is 24.3 Å². The van der Waals surface area contributed by atoms with Crippen molar-refractivity contribution in [2.24, 2.45) is 5.73 Å². The second kappa shape index (κ2) is 5.60. The van der Waals surface area contributed by atoms with Crippen molar-refractivity contribution in [2.45, 2.75) is 13.0 Å². The topological polar surface area (TPSA) is 72.5 Å². The highest BCUT2D eigenvalue weighted by Gasteiger charge is 2.13. The molecule has 0 amide bonds. The molecule has 0 fully saturated rings. The molecule has 0 saturated carbocycles. The van der Waals surface area contributed by atoms with Gasteiger partial charge in [0.05, 0.1) is 12.6 Å². The molecule has 3 N–H and O–H groups in total. The number of rotatable bonds is 5. The number of carbonyl (C=O) groups is 1. The minimum Gasteiger partial charge on any atom is -0.480 e. The van der Waals surface area contributed by atoms with Crippen molar-refractivity contribution in [3.8, 4) is 0 Å². The molecule has 0 bridgehead atoms. The van der Waals surface area contributed by atoms with Crippen LogP contribution in [0.25, 0.3) is 0 Å². The second-order valence-electron chi connectivity index (χ2n) is 3.08. The van der Waals surface area contributed by atoms with Gasteiger partial charge in [-0.15, -0.1) is 11.3 Å². The van der Waals surface area contributed by atoms with E-state index < -0.39 is 5.97 Å². The minimum absolute atomic E-state index is 0.213. The van der Waals surface area contributed by atoms with Crippen LogP contribution >= 0.6 is 27.3 Å². The van der Waals surface area contributed by atoms with Gasteiger partial charge in [-0.2, -0.15) is 0 Å². The van der Waals surface area contributed by atoms with E-state index in [1.807, 2.05) is 13.0 Å². The molecule has 1 rings (SSSR count). The molecule has 1 aromatic heterocycles. The third kappa shape index (κ3) is 3.90. The fourth-order valence-corrected chi connectivity index (χ4v) is 3.03. The summed E-state index contributed by atoms with van der Waals surface area (Å²) in [6, 6.07) is 1.70. The lowest BCUT2D eigenvalue weighted by atomic mass is 10.3. The summed E-state index contributed by atoms with van der Waals surface area (Å²) in [6.07, 6.45) is 0. The SMILES string of the molecule is Cc1cc(Br)c(C(N)COCC(=O)O)s1. The van der Waals surface area contributed by atoms with Crippen molar-refractivity contribution < 1.29 is 14.6 Å². The highest BCUT2D eigenvalue weighted by Crippen LogP contribution is 2.31. The van der Waals surface area contributed by atoms with Gasteiger partial charge in [-0.25, -0.2) is 4.79 Å². The zero-order chi connectivity index (χ0) is 11.4. The van der Waals surface area contributed by atoms with Crippen molar-refractivity contribution in [2.75, 3.05) is 13.2 Å². The molecule has 1 heterocycles. The number of nitrogens with two attached hydrogens (primary N) is 1. The molecule has 84 valence electrons. The van der Waals surface area contributed by atoms with E-state index in [9.17, 15) is 4.79 Å². The number of carboxylic acid groups (broad SMARTS) is 1.